The summed E-state index contributed by atoms with van der Waals surface area (Å²) in [5.41, 5.74) is 0.895. The van der Waals surface area contributed by atoms with Gasteiger partial charge in [-0.3, -0.25) is 0 Å². The maximum Gasteiger partial charge on any atom is 0.490 e. The van der Waals surface area contributed by atoms with E-state index in [1.54, 1.807) is 11.2 Å². The summed E-state index contributed by atoms with van der Waals surface area (Å²) in [4.78, 5) is 11.1. The normalized spacial score (nSPS) is 22.9. The van der Waals surface area contributed by atoms with E-state index in [1.165, 1.54) is 0 Å². The third-order valence-electron chi connectivity index (χ3n) is 4.57. The summed E-state index contributed by atoms with van der Waals surface area (Å²) in [6.07, 6.45) is -3.33. The van der Waals surface area contributed by atoms with Gasteiger partial charge < -0.3 is 10.0 Å². The number of rotatable bonds is 3. The molecule has 27 heavy (non-hydrogen) atoms. The second-order valence-electron chi connectivity index (χ2n) is 6.25. The van der Waals surface area contributed by atoms with Crippen LogP contribution < -0.4 is 4.90 Å². The fourth-order valence-electron chi connectivity index (χ4n) is 3.29. The maximum absolute atomic E-state index is 12.1. The van der Waals surface area contributed by atoms with Gasteiger partial charge in [-0.15, -0.1) is 5.10 Å². The Balaban J connectivity index is 0.000000321. The van der Waals surface area contributed by atoms with Crippen LogP contribution in [0.4, 0.5) is 19.0 Å². The third-order valence-corrected chi connectivity index (χ3v) is 6.47. The Morgan fingerprint density at radius 2 is 1.81 bits per heavy atom. The number of hydrogen-bond acceptors (Lipinski definition) is 6. The predicted octanol–water partition coefficient (Wildman–Crippen LogP) is 1.42. The van der Waals surface area contributed by atoms with Crippen molar-refractivity contribution in [2.75, 3.05) is 23.7 Å². The van der Waals surface area contributed by atoms with Crippen molar-refractivity contribution >= 4 is 21.8 Å². The molecule has 0 radical (unpaired) electrons. The first-order chi connectivity index (χ1) is 12.5. The number of sulfonamides is 1. The molecule has 3 heterocycles. The van der Waals surface area contributed by atoms with E-state index in [1.807, 2.05) is 19.1 Å². The molecule has 1 aromatic heterocycles. The van der Waals surface area contributed by atoms with Crippen molar-refractivity contribution < 1.29 is 31.5 Å². The largest absolute Gasteiger partial charge is 0.490 e. The monoisotopic (exact) mass is 410 g/mol. The van der Waals surface area contributed by atoms with Crippen molar-refractivity contribution in [3.8, 4) is 0 Å². The quantitative estimate of drug-likeness (QED) is 0.804. The highest BCUT2D eigenvalue weighted by molar-refractivity contribution is 7.89. The first kappa shape index (κ1) is 21.4. The number of carboxylic acids is 1. The number of alkyl halides is 3. The lowest BCUT2D eigenvalue weighted by molar-refractivity contribution is -0.192. The predicted molar refractivity (Wildman–Crippen MR) is 90.8 cm³/mol. The van der Waals surface area contributed by atoms with Crippen LogP contribution in [0.3, 0.4) is 0 Å². The van der Waals surface area contributed by atoms with Crippen LogP contribution in [-0.2, 0) is 14.8 Å². The molecule has 0 bridgehead atoms. The van der Waals surface area contributed by atoms with E-state index in [0.717, 1.165) is 30.9 Å². The van der Waals surface area contributed by atoms with Gasteiger partial charge in [0.25, 0.3) is 0 Å². The molecule has 2 aliphatic rings. The zero-order chi connectivity index (χ0) is 20.4. The lowest BCUT2D eigenvalue weighted by atomic mass is 10.1. The van der Waals surface area contributed by atoms with Gasteiger partial charge in [-0.1, -0.05) is 0 Å². The Labute approximate surface area is 155 Å². The molecule has 3 rings (SSSR count). The van der Waals surface area contributed by atoms with Gasteiger partial charge in [0.05, 0.1) is 11.4 Å². The van der Waals surface area contributed by atoms with Crippen LogP contribution in [0.1, 0.15) is 25.5 Å². The van der Waals surface area contributed by atoms with E-state index in [2.05, 4.69) is 15.1 Å². The summed E-state index contributed by atoms with van der Waals surface area (Å²) in [7, 11) is -3.09. The SMILES string of the molecule is CCS(=O)(=O)N1CC[C@H]2[C@H]1CCN2c1ccc(C)nn1.O=C(O)C(F)(F)F. The van der Waals surface area contributed by atoms with Gasteiger partial charge in [-0.25, -0.2) is 13.2 Å². The molecule has 2 atom stereocenters. The van der Waals surface area contributed by atoms with Crippen LogP contribution in [0.25, 0.3) is 0 Å². The summed E-state index contributed by atoms with van der Waals surface area (Å²) < 4.78 is 57.7. The number of aromatic nitrogens is 2. The average Bonchev–Trinajstić information content (AvgIpc) is 3.17. The highest BCUT2D eigenvalue weighted by Gasteiger charge is 2.47. The van der Waals surface area contributed by atoms with Gasteiger partial charge in [0, 0.05) is 25.2 Å². The number of halogens is 3. The van der Waals surface area contributed by atoms with Gasteiger partial charge in [0.15, 0.2) is 5.82 Å². The second kappa shape index (κ2) is 7.97. The van der Waals surface area contributed by atoms with Crippen molar-refractivity contribution in [2.24, 2.45) is 0 Å². The molecular formula is C15H21F3N4O4S. The summed E-state index contributed by atoms with van der Waals surface area (Å²) in [6.45, 7) is 5.10. The number of aryl methyl sites for hydroxylation is 1. The lowest BCUT2D eigenvalue weighted by Crippen LogP contribution is -2.40. The summed E-state index contributed by atoms with van der Waals surface area (Å²) in [6, 6.07) is 4.27. The van der Waals surface area contributed by atoms with Crippen LogP contribution in [0.5, 0.6) is 0 Å². The Bertz CT molecular complexity index is 770. The minimum Gasteiger partial charge on any atom is -0.475 e. The van der Waals surface area contributed by atoms with E-state index in [-0.39, 0.29) is 17.8 Å². The molecular weight excluding hydrogens is 389 g/mol. The average molecular weight is 410 g/mol. The third kappa shape index (κ3) is 4.86. The number of carboxylic acid groups (broad SMARTS) is 1. The Morgan fingerprint density at radius 3 is 2.30 bits per heavy atom. The van der Waals surface area contributed by atoms with Crippen LogP contribution >= 0.6 is 0 Å². The van der Waals surface area contributed by atoms with Crippen molar-refractivity contribution in [1.82, 2.24) is 14.5 Å². The number of hydrogen-bond donors (Lipinski definition) is 1. The minimum absolute atomic E-state index is 0.100. The van der Waals surface area contributed by atoms with Crippen molar-refractivity contribution in [3.63, 3.8) is 0 Å². The molecule has 12 heteroatoms. The van der Waals surface area contributed by atoms with E-state index >= 15 is 0 Å². The van der Waals surface area contributed by atoms with Gasteiger partial charge in [0.1, 0.15) is 0 Å². The molecule has 2 aliphatic heterocycles. The fourth-order valence-corrected chi connectivity index (χ4v) is 4.66. The first-order valence-corrected chi connectivity index (χ1v) is 9.95. The molecule has 8 nitrogen and oxygen atoms in total. The Hall–Kier alpha value is -1.95. The zero-order valence-corrected chi connectivity index (χ0v) is 15.7. The number of carbonyl (C=O) groups is 1. The van der Waals surface area contributed by atoms with Crippen molar-refractivity contribution in [2.45, 2.75) is 44.9 Å². The standard InChI is InChI=1S/C13H20N4O2S.C2HF3O2/c1-3-20(18,19)17-9-7-11-12(17)6-8-16(11)13-5-4-10(2)14-15-13;3-2(4,5)1(6)7/h4-5,11-12H,3,6-9H2,1-2H3;(H,6,7)/t11-,12+;/m0./s1. The Morgan fingerprint density at radius 1 is 1.22 bits per heavy atom. The first-order valence-electron chi connectivity index (χ1n) is 8.34. The van der Waals surface area contributed by atoms with Gasteiger partial charge in [-0.05, 0) is 38.8 Å². The van der Waals surface area contributed by atoms with E-state index < -0.39 is 22.2 Å². The van der Waals surface area contributed by atoms with Crippen molar-refractivity contribution in [1.29, 1.82) is 0 Å². The smallest absolute Gasteiger partial charge is 0.475 e. The molecule has 0 saturated carbocycles. The molecule has 0 aromatic carbocycles. The van der Waals surface area contributed by atoms with Gasteiger partial charge in [-0.2, -0.15) is 22.6 Å². The van der Waals surface area contributed by atoms with Crippen molar-refractivity contribution in [3.05, 3.63) is 17.8 Å². The highest BCUT2D eigenvalue weighted by Crippen LogP contribution is 2.35. The maximum atomic E-state index is 12.1. The molecule has 1 N–H and O–H groups in total. The summed E-state index contributed by atoms with van der Waals surface area (Å²) in [5.74, 6) is -1.72. The summed E-state index contributed by atoms with van der Waals surface area (Å²) in [5, 5.41) is 15.5. The van der Waals surface area contributed by atoms with E-state index in [9.17, 15) is 21.6 Å². The molecule has 2 fully saturated rings. The van der Waals surface area contributed by atoms with Gasteiger partial charge in [0.2, 0.25) is 10.0 Å². The number of aliphatic carboxylic acids is 1. The molecule has 0 aliphatic carbocycles. The topological polar surface area (TPSA) is 104 Å². The second-order valence-corrected chi connectivity index (χ2v) is 8.46. The van der Waals surface area contributed by atoms with Crippen LogP contribution in [-0.4, -0.2) is 71.1 Å². The molecule has 1 aromatic rings. The zero-order valence-electron chi connectivity index (χ0n) is 14.8. The van der Waals surface area contributed by atoms with E-state index in [0.29, 0.717) is 6.54 Å². The molecule has 0 spiro atoms. The van der Waals surface area contributed by atoms with E-state index in [4.69, 9.17) is 9.90 Å². The van der Waals surface area contributed by atoms with Crippen LogP contribution in [0.2, 0.25) is 0 Å². The fraction of sp³-hybridized carbons (Fsp3) is 0.667. The number of nitrogens with zero attached hydrogens (tertiary/aromatic N) is 4. The minimum atomic E-state index is -5.08. The lowest BCUT2D eigenvalue weighted by Gasteiger charge is -2.25. The van der Waals surface area contributed by atoms with Crippen LogP contribution in [0, 0.1) is 6.92 Å². The molecule has 0 unspecified atom stereocenters. The Kier molecular flexibility index (Phi) is 6.30. The van der Waals surface area contributed by atoms with Crippen LogP contribution in [0.15, 0.2) is 12.1 Å². The highest BCUT2D eigenvalue weighted by atomic mass is 32.2. The number of anilines is 1. The molecule has 0 amide bonds. The molecule has 2 saturated heterocycles. The number of fused-ring (bicyclic) bond motifs is 1. The van der Waals surface area contributed by atoms with Gasteiger partial charge >= 0.3 is 12.1 Å². The summed E-state index contributed by atoms with van der Waals surface area (Å²) >= 11 is 0. The molecule has 152 valence electrons.